The SMILES string of the molecule is COC(=O)N[C@H](C(=O)N1CCCC1c1ncc(-c2ccc3nc(-c4ccc(-c5cnc([C@@H]6CCCN6C(=O)[C@@H](NC(=O)OC)C(C)C)[nH]5)cc4)cnc3c2)[nH]1)C(C)C. The molecule has 0 aliphatic carbocycles. The van der Waals surface area contributed by atoms with Crippen molar-refractivity contribution in [2.24, 2.45) is 11.8 Å². The summed E-state index contributed by atoms with van der Waals surface area (Å²) < 4.78 is 9.51. The summed E-state index contributed by atoms with van der Waals surface area (Å²) in [6.07, 6.45) is 7.24. The number of nitrogens with zero attached hydrogens (tertiary/aromatic N) is 6. The van der Waals surface area contributed by atoms with Gasteiger partial charge < -0.3 is 39.9 Å². The number of carbonyl (C=O) groups is 4. The zero-order chi connectivity index (χ0) is 41.1. The predicted octanol–water partition coefficient (Wildman–Crippen LogP) is 6.17. The molecule has 2 aliphatic heterocycles. The van der Waals surface area contributed by atoms with Crippen LogP contribution in [0, 0.1) is 11.8 Å². The van der Waals surface area contributed by atoms with Gasteiger partial charge in [0, 0.05) is 24.2 Å². The first kappa shape index (κ1) is 39.9. The Bertz CT molecular complexity index is 2290. The maximum Gasteiger partial charge on any atom is 0.407 e. The van der Waals surface area contributed by atoms with E-state index in [-0.39, 0.29) is 35.7 Å². The normalized spacial score (nSPS) is 17.8. The van der Waals surface area contributed by atoms with Crippen LogP contribution in [0.2, 0.25) is 0 Å². The lowest BCUT2D eigenvalue weighted by atomic mass is 10.0. The van der Waals surface area contributed by atoms with Crippen LogP contribution in [-0.2, 0) is 19.1 Å². The van der Waals surface area contributed by atoms with Crippen LogP contribution in [0.1, 0.15) is 77.1 Å². The summed E-state index contributed by atoms with van der Waals surface area (Å²) in [6.45, 7) is 8.74. The van der Waals surface area contributed by atoms with E-state index >= 15 is 0 Å². The lowest BCUT2D eigenvalue weighted by Crippen LogP contribution is -2.51. The lowest BCUT2D eigenvalue weighted by Gasteiger charge is -2.30. The number of aromatic amines is 2. The van der Waals surface area contributed by atoms with Gasteiger partial charge in [0.2, 0.25) is 11.8 Å². The molecule has 2 aromatic carbocycles. The zero-order valence-electron chi connectivity index (χ0n) is 33.6. The standard InChI is InChI=1S/C42H50N10O6/c1-23(2)35(49-41(55)57-5)39(53)51-17-7-9-33(51)37-44-21-31(47-37)26-13-11-25(12-14-26)30-20-43-29-19-27(15-16-28(29)46-30)32-22-45-38(48-32)34-10-8-18-52(34)40(54)36(24(3)4)50-42(56)58-6/h11-16,19-24,33-36H,7-10,17-18H2,1-6H3,(H,44,47)(H,45,48)(H,49,55)(H,50,56)/t33-,34?,35-,36-/m0/s1. The largest absolute Gasteiger partial charge is 0.453 e. The summed E-state index contributed by atoms with van der Waals surface area (Å²) in [7, 11) is 2.57. The van der Waals surface area contributed by atoms with E-state index in [4.69, 9.17) is 19.4 Å². The smallest absolute Gasteiger partial charge is 0.407 e. The van der Waals surface area contributed by atoms with Crippen molar-refractivity contribution >= 4 is 35.0 Å². The Balaban J connectivity index is 1.02. The van der Waals surface area contributed by atoms with E-state index in [1.165, 1.54) is 14.2 Å². The van der Waals surface area contributed by atoms with Crippen molar-refractivity contribution < 1.29 is 28.7 Å². The van der Waals surface area contributed by atoms with Crippen LogP contribution in [0.3, 0.4) is 0 Å². The van der Waals surface area contributed by atoms with Gasteiger partial charge in [-0.2, -0.15) is 0 Å². The highest BCUT2D eigenvalue weighted by Gasteiger charge is 2.39. The second kappa shape index (κ2) is 17.0. The summed E-state index contributed by atoms with van der Waals surface area (Å²) in [5, 5.41) is 5.38. The van der Waals surface area contributed by atoms with Gasteiger partial charge in [-0.1, -0.05) is 58.0 Å². The molecule has 304 valence electrons. The minimum absolute atomic E-state index is 0.114. The topological polar surface area (TPSA) is 200 Å². The zero-order valence-corrected chi connectivity index (χ0v) is 33.6. The van der Waals surface area contributed by atoms with E-state index in [0.29, 0.717) is 24.7 Å². The van der Waals surface area contributed by atoms with E-state index in [9.17, 15) is 19.2 Å². The van der Waals surface area contributed by atoms with Gasteiger partial charge in [0.25, 0.3) is 0 Å². The molecule has 5 heterocycles. The van der Waals surface area contributed by atoms with Crippen molar-refractivity contribution in [2.45, 2.75) is 77.5 Å². The minimum Gasteiger partial charge on any atom is -0.453 e. The quantitative estimate of drug-likeness (QED) is 0.120. The summed E-state index contributed by atoms with van der Waals surface area (Å²) in [4.78, 5) is 80.5. The molecule has 0 spiro atoms. The second-order valence-electron chi connectivity index (χ2n) is 15.5. The molecule has 0 saturated carbocycles. The van der Waals surface area contributed by atoms with Gasteiger partial charge in [0.1, 0.15) is 23.7 Å². The van der Waals surface area contributed by atoms with Gasteiger partial charge in [-0.15, -0.1) is 0 Å². The van der Waals surface area contributed by atoms with Crippen molar-refractivity contribution in [3.63, 3.8) is 0 Å². The molecule has 3 aromatic heterocycles. The molecule has 16 heteroatoms. The summed E-state index contributed by atoms with van der Waals surface area (Å²) in [6, 6.07) is 12.0. The first-order chi connectivity index (χ1) is 27.9. The number of carbonyl (C=O) groups excluding carboxylic acids is 4. The Kier molecular flexibility index (Phi) is 11.7. The third-order valence-electron chi connectivity index (χ3n) is 11.0. The Hall–Kier alpha value is -6.32. The van der Waals surface area contributed by atoms with Gasteiger partial charge in [0.05, 0.1) is 73.0 Å². The number of alkyl carbamates (subject to hydrolysis) is 2. The Morgan fingerprint density at radius 3 is 1.64 bits per heavy atom. The number of nitrogens with one attached hydrogen (secondary N) is 4. The third-order valence-corrected chi connectivity index (χ3v) is 11.0. The number of hydrogen-bond donors (Lipinski definition) is 4. The number of hydrogen-bond acceptors (Lipinski definition) is 10. The molecule has 4 atom stereocenters. The van der Waals surface area contributed by atoms with E-state index in [1.54, 1.807) is 28.4 Å². The van der Waals surface area contributed by atoms with E-state index < -0.39 is 24.3 Å². The maximum atomic E-state index is 13.6. The first-order valence-electron chi connectivity index (χ1n) is 19.7. The molecular weight excluding hydrogens is 741 g/mol. The lowest BCUT2D eigenvalue weighted by molar-refractivity contribution is -0.136. The molecule has 2 aliphatic rings. The van der Waals surface area contributed by atoms with E-state index in [0.717, 1.165) is 70.5 Å². The molecular formula is C42H50N10O6. The molecule has 58 heavy (non-hydrogen) atoms. The van der Waals surface area contributed by atoms with Crippen molar-refractivity contribution in [2.75, 3.05) is 27.3 Å². The molecule has 4 amide bonds. The average molecular weight is 791 g/mol. The number of imidazole rings is 2. The van der Waals surface area contributed by atoms with Gasteiger partial charge >= 0.3 is 12.2 Å². The van der Waals surface area contributed by atoms with E-state index in [2.05, 4.69) is 30.6 Å². The summed E-state index contributed by atoms with van der Waals surface area (Å²) >= 11 is 0. The molecule has 2 fully saturated rings. The van der Waals surface area contributed by atoms with Gasteiger partial charge in [0.15, 0.2) is 0 Å². The summed E-state index contributed by atoms with van der Waals surface area (Å²) in [5.41, 5.74) is 6.56. The molecule has 0 radical (unpaired) electrons. The Morgan fingerprint density at radius 1 is 0.655 bits per heavy atom. The molecule has 7 rings (SSSR count). The monoisotopic (exact) mass is 790 g/mol. The van der Waals surface area contributed by atoms with Crippen LogP contribution in [0.25, 0.3) is 44.8 Å². The van der Waals surface area contributed by atoms with Crippen molar-refractivity contribution in [1.29, 1.82) is 0 Å². The number of aromatic nitrogens is 6. The van der Waals surface area contributed by atoms with Gasteiger partial charge in [-0.25, -0.2) is 24.5 Å². The number of H-pyrrole nitrogens is 2. The highest BCUT2D eigenvalue weighted by Crippen LogP contribution is 2.35. The first-order valence-corrected chi connectivity index (χ1v) is 19.7. The molecule has 2 saturated heterocycles. The van der Waals surface area contributed by atoms with Crippen LogP contribution in [-0.4, -0.2) is 103 Å². The van der Waals surface area contributed by atoms with Crippen LogP contribution >= 0.6 is 0 Å². The number of amides is 4. The molecule has 16 nitrogen and oxygen atoms in total. The van der Waals surface area contributed by atoms with Crippen LogP contribution in [0.15, 0.2) is 61.1 Å². The minimum atomic E-state index is -0.703. The number of fused-ring (bicyclic) bond motifs is 1. The van der Waals surface area contributed by atoms with Crippen LogP contribution < -0.4 is 10.6 Å². The summed E-state index contributed by atoms with van der Waals surface area (Å²) in [5.74, 6) is 0.860. The van der Waals surface area contributed by atoms with Gasteiger partial charge in [-0.05, 0) is 55.2 Å². The molecule has 1 unspecified atom stereocenters. The van der Waals surface area contributed by atoms with Crippen LogP contribution in [0.4, 0.5) is 9.59 Å². The van der Waals surface area contributed by atoms with Crippen molar-refractivity contribution in [1.82, 2.24) is 50.3 Å². The highest BCUT2D eigenvalue weighted by molar-refractivity contribution is 5.87. The predicted molar refractivity (Wildman–Crippen MR) is 216 cm³/mol. The fourth-order valence-electron chi connectivity index (χ4n) is 7.83. The molecule has 4 N–H and O–H groups in total. The molecule has 0 bridgehead atoms. The van der Waals surface area contributed by atoms with Crippen LogP contribution in [0.5, 0.6) is 0 Å². The van der Waals surface area contributed by atoms with Crippen molar-refractivity contribution in [3.8, 4) is 33.8 Å². The average Bonchev–Trinajstić information content (AvgIpc) is 4.07. The van der Waals surface area contributed by atoms with E-state index in [1.807, 2.05) is 70.2 Å². The van der Waals surface area contributed by atoms with Crippen molar-refractivity contribution in [3.05, 3.63) is 72.7 Å². The number of methoxy groups -OCH3 is 2. The number of likely N-dealkylation sites (tertiary alicyclic amines) is 2. The number of benzene rings is 2. The Labute approximate surface area is 336 Å². The fourth-order valence-corrected chi connectivity index (χ4v) is 7.83. The maximum absolute atomic E-state index is 13.6. The number of ether oxygens (including phenoxy) is 2. The highest BCUT2D eigenvalue weighted by atomic mass is 16.5. The molecule has 5 aromatic rings. The van der Waals surface area contributed by atoms with Gasteiger partial charge in [-0.3, -0.25) is 14.6 Å². The Morgan fingerprint density at radius 2 is 1.14 bits per heavy atom. The fraction of sp³-hybridized carbons (Fsp3) is 0.429. The number of rotatable bonds is 11. The third kappa shape index (κ3) is 8.22. The second-order valence-corrected chi connectivity index (χ2v) is 15.5.